The molecule has 2 rings (SSSR count). The predicted molar refractivity (Wildman–Crippen MR) is 67.2 cm³/mol. The van der Waals surface area contributed by atoms with Crippen LogP contribution in [0.15, 0.2) is 24.3 Å². The van der Waals surface area contributed by atoms with Gasteiger partial charge in [-0.05, 0) is 18.9 Å². The molecule has 1 aromatic rings. The summed E-state index contributed by atoms with van der Waals surface area (Å²) in [4.78, 5) is 24.1. The Balaban J connectivity index is 1.91. The summed E-state index contributed by atoms with van der Waals surface area (Å²) in [6.07, 6.45) is 0.920. The van der Waals surface area contributed by atoms with Crippen LogP contribution in [0.1, 0.15) is 17.5 Å². The molecular formula is C14H17NO3. The third-order valence-electron chi connectivity index (χ3n) is 3.32. The van der Waals surface area contributed by atoms with Gasteiger partial charge in [-0.15, -0.1) is 0 Å². The topological polar surface area (TPSA) is 57.6 Å². The van der Waals surface area contributed by atoms with Gasteiger partial charge in [0.2, 0.25) is 5.91 Å². The van der Waals surface area contributed by atoms with Gasteiger partial charge in [-0.25, -0.2) is 0 Å². The van der Waals surface area contributed by atoms with Crippen LogP contribution < -0.4 is 0 Å². The van der Waals surface area contributed by atoms with Gasteiger partial charge in [0.15, 0.2) is 0 Å². The molecule has 18 heavy (non-hydrogen) atoms. The van der Waals surface area contributed by atoms with Crippen LogP contribution in [0.25, 0.3) is 0 Å². The molecule has 1 amide bonds. The molecule has 0 bridgehead atoms. The van der Waals surface area contributed by atoms with Crippen molar-refractivity contribution in [3.63, 3.8) is 0 Å². The quantitative estimate of drug-likeness (QED) is 0.876. The highest BCUT2D eigenvalue weighted by molar-refractivity contribution is 5.86. The second-order valence-corrected chi connectivity index (χ2v) is 4.82. The van der Waals surface area contributed by atoms with Crippen LogP contribution in [0.2, 0.25) is 0 Å². The molecule has 0 spiro atoms. The van der Waals surface area contributed by atoms with E-state index in [4.69, 9.17) is 5.11 Å². The Morgan fingerprint density at radius 3 is 2.89 bits per heavy atom. The molecule has 0 saturated carbocycles. The number of hydrogen-bond acceptors (Lipinski definition) is 2. The van der Waals surface area contributed by atoms with Gasteiger partial charge in [0.05, 0.1) is 5.92 Å². The van der Waals surface area contributed by atoms with E-state index in [1.807, 2.05) is 25.1 Å². The summed E-state index contributed by atoms with van der Waals surface area (Å²) in [6, 6.07) is 8.15. The maximum absolute atomic E-state index is 11.6. The summed E-state index contributed by atoms with van der Waals surface area (Å²) in [5.41, 5.74) is 2.38. The first kappa shape index (κ1) is 12.6. The van der Waals surface area contributed by atoms with E-state index in [-0.39, 0.29) is 12.3 Å². The smallest absolute Gasteiger partial charge is 0.308 e. The summed E-state index contributed by atoms with van der Waals surface area (Å²) < 4.78 is 0. The fourth-order valence-corrected chi connectivity index (χ4v) is 2.29. The van der Waals surface area contributed by atoms with Crippen LogP contribution in [0.4, 0.5) is 0 Å². The second kappa shape index (κ2) is 5.21. The van der Waals surface area contributed by atoms with Gasteiger partial charge in [-0.2, -0.15) is 0 Å². The summed E-state index contributed by atoms with van der Waals surface area (Å²) in [5.74, 6) is -1.45. The van der Waals surface area contributed by atoms with Gasteiger partial charge in [-0.3, -0.25) is 9.59 Å². The molecule has 1 N–H and O–H groups in total. The van der Waals surface area contributed by atoms with Crippen LogP contribution in [0, 0.1) is 12.8 Å². The van der Waals surface area contributed by atoms with Gasteiger partial charge in [-0.1, -0.05) is 29.8 Å². The van der Waals surface area contributed by atoms with Crippen molar-refractivity contribution in [3.8, 4) is 0 Å². The van der Waals surface area contributed by atoms with Gasteiger partial charge in [0.1, 0.15) is 0 Å². The number of hydrogen-bond donors (Lipinski definition) is 1. The SMILES string of the molecule is Cc1cccc(CCN2C[C@H](C(=O)O)CC2=O)c1. The van der Waals surface area contributed by atoms with Crippen molar-refractivity contribution < 1.29 is 14.7 Å². The van der Waals surface area contributed by atoms with E-state index >= 15 is 0 Å². The van der Waals surface area contributed by atoms with Crippen molar-refractivity contribution in [2.24, 2.45) is 5.92 Å². The molecule has 4 nitrogen and oxygen atoms in total. The Kier molecular flexibility index (Phi) is 3.65. The van der Waals surface area contributed by atoms with Gasteiger partial charge < -0.3 is 10.0 Å². The number of nitrogens with zero attached hydrogens (tertiary/aromatic N) is 1. The van der Waals surface area contributed by atoms with Crippen molar-refractivity contribution >= 4 is 11.9 Å². The van der Waals surface area contributed by atoms with Crippen LogP contribution >= 0.6 is 0 Å². The lowest BCUT2D eigenvalue weighted by Gasteiger charge is -2.15. The number of carbonyl (C=O) groups excluding carboxylic acids is 1. The molecule has 1 fully saturated rings. The van der Waals surface area contributed by atoms with Crippen molar-refractivity contribution in [2.45, 2.75) is 19.8 Å². The minimum atomic E-state index is -0.874. The van der Waals surface area contributed by atoms with E-state index < -0.39 is 11.9 Å². The zero-order valence-electron chi connectivity index (χ0n) is 10.4. The summed E-state index contributed by atoms with van der Waals surface area (Å²) >= 11 is 0. The molecule has 96 valence electrons. The fraction of sp³-hybridized carbons (Fsp3) is 0.429. The molecule has 1 heterocycles. The average molecular weight is 247 g/mol. The zero-order chi connectivity index (χ0) is 13.1. The average Bonchev–Trinajstić information content (AvgIpc) is 2.68. The zero-order valence-corrected chi connectivity index (χ0v) is 10.4. The molecule has 1 aromatic carbocycles. The number of benzene rings is 1. The normalized spacial score (nSPS) is 19.3. The van der Waals surface area contributed by atoms with Crippen molar-refractivity contribution in [1.29, 1.82) is 0 Å². The third-order valence-corrected chi connectivity index (χ3v) is 3.32. The molecular weight excluding hydrogens is 230 g/mol. The standard InChI is InChI=1S/C14H17NO3/c1-10-3-2-4-11(7-10)5-6-15-9-12(14(17)18)8-13(15)16/h2-4,7,12H,5-6,8-9H2,1H3,(H,17,18)/t12-/m1/s1. The van der Waals surface area contributed by atoms with Gasteiger partial charge in [0, 0.05) is 19.5 Å². The van der Waals surface area contributed by atoms with Crippen LogP contribution in [-0.4, -0.2) is 35.0 Å². The first-order valence-electron chi connectivity index (χ1n) is 6.12. The molecule has 1 saturated heterocycles. The van der Waals surface area contributed by atoms with E-state index in [2.05, 4.69) is 6.07 Å². The fourth-order valence-electron chi connectivity index (χ4n) is 2.29. The number of amides is 1. The maximum atomic E-state index is 11.6. The number of aliphatic carboxylic acids is 1. The van der Waals surface area contributed by atoms with Gasteiger partial charge in [0.25, 0.3) is 0 Å². The number of carboxylic acid groups (broad SMARTS) is 1. The first-order chi connectivity index (χ1) is 8.56. The van der Waals surface area contributed by atoms with Crippen LogP contribution in [0.3, 0.4) is 0 Å². The highest BCUT2D eigenvalue weighted by Crippen LogP contribution is 2.18. The number of carbonyl (C=O) groups is 2. The Morgan fingerprint density at radius 2 is 2.28 bits per heavy atom. The number of aryl methyl sites for hydroxylation is 1. The minimum Gasteiger partial charge on any atom is -0.481 e. The summed E-state index contributed by atoms with van der Waals surface area (Å²) in [5, 5.41) is 8.89. The number of carboxylic acids is 1. The Bertz CT molecular complexity index is 470. The van der Waals surface area contributed by atoms with E-state index in [0.29, 0.717) is 13.1 Å². The largest absolute Gasteiger partial charge is 0.481 e. The Labute approximate surface area is 106 Å². The lowest BCUT2D eigenvalue weighted by atomic mass is 10.1. The Hall–Kier alpha value is -1.84. The lowest BCUT2D eigenvalue weighted by molar-refractivity contribution is -0.141. The molecule has 0 unspecified atom stereocenters. The van der Waals surface area contributed by atoms with E-state index in [1.165, 1.54) is 11.1 Å². The van der Waals surface area contributed by atoms with E-state index in [9.17, 15) is 9.59 Å². The van der Waals surface area contributed by atoms with Crippen molar-refractivity contribution in [3.05, 3.63) is 35.4 Å². The Morgan fingerprint density at radius 1 is 1.50 bits per heavy atom. The van der Waals surface area contributed by atoms with E-state index in [0.717, 1.165) is 6.42 Å². The maximum Gasteiger partial charge on any atom is 0.308 e. The first-order valence-corrected chi connectivity index (χ1v) is 6.12. The molecule has 0 aromatic heterocycles. The highest BCUT2D eigenvalue weighted by Gasteiger charge is 2.33. The van der Waals surface area contributed by atoms with Crippen LogP contribution in [-0.2, 0) is 16.0 Å². The lowest BCUT2D eigenvalue weighted by Crippen LogP contribution is -2.28. The molecule has 4 heteroatoms. The monoisotopic (exact) mass is 247 g/mol. The summed E-state index contributed by atoms with van der Waals surface area (Å²) in [7, 11) is 0. The molecule has 1 aliphatic rings. The third kappa shape index (κ3) is 2.88. The highest BCUT2D eigenvalue weighted by atomic mass is 16.4. The number of likely N-dealkylation sites (tertiary alicyclic amines) is 1. The molecule has 0 aliphatic carbocycles. The van der Waals surface area contributed by atoms with Crippen molar-refractivity contribution in [2.75, 3.05) is 13.1 Å². The van der Waals surface area contributed by atoms with Crippen LogP contribution in [0.5, 0.6) is 0 Å². The predicted octanol–water partition coefficient (Wildman–Crippen LogP) is 1.47. The number of rotatable bonds is 4. The molecule has 1 aliphatic heterocycles. The molecule has 0 radical (unpaired) electrons. The van der Waals surface area contributed by atoms with Crippen molar-refractivity contribution in [1.82, 2.24) is 4.90 Å². The van der Waals surface area contributed by atoms with Gasteiger partial charge >= 0.3 is 5.97 Å². The second-order valence-electron chi connectivity index (χ2n) is 4.82. The van der Waals surface area contributed by atoms with E-state index in [1.54, 1.807) is 4.90 Å². The minimum absolute atomic E-state index is 0.0462. The molecule has 1 atom stereocenters. The summed E-state index contributed by atoms with van der Waals surface area (Å²) in [6.45, 7) is 2.98.